The molecule has 0 spiro atoms. The number of amides is 1. The van der Waals surface area contributed by atoms with E-state index < -0.39 is 6.09 Å². The fraction of sp³-hybridized carbons (Fsp3) is 0.962. The van der Waals surface area contributed by atoms with E-state index in [-0.39, 0.29) is 0 Å². The van der Waals surface area contributed by atoms with Gasteiger partial charge in [-0.2, -0.15) is 0 Å². The van der Waals surface area contributed by atoms with Gasteiger partial charge in [0.25, 0.3) is 0 Å². The number of carbonyl (C=O) groups excluding carboxylic acids is 1. The molecule has 4 fully saturated rings. The number of carbonyl (C=O) groups is 1. The number of fused-ring (bicyclic) bond motifs is 5. The van der Waals surface area contributed by atoms with Crippen LogP contribution in [0.5, 0.6) is 0 Å². The molecule has 166 valence electrons. The summed E-state index contributed by atoms with van der Waals surface area (Å²) in [7, 11) is 0. The number of hydrogen-bond donors (Lipinski definition) is 1. The minimum atomic E-state index is -0.628. The topological polar surface area (TPSA) is 52.3 Å². The molecular formula is C26H45NO2. The van der Waals surface area contributed by atoms with Gasteiger partial charge in [0.2, 0.25) is 0 Å². The second-order valence-corrected chi connectivity index (χ2v) is 11.8. The van der Waals surface area contributed by atoms with Crippen molar-refractivity contribution >= 4 is 6.09 Å². The molecule has 7 unspecified atom stereocenters. The summed E-state index contributed by atoms with van der Waals surface area (Å²) < 4.78 is 5.07. The lowest BCUT2D eigenvalue weighted by Crippen LogP contribution is -2.55. The number of ether oxygens (including phenoxy) is 1. The Morgan fingerprint density at radius 3 is 2.52 bits per heavy atom. The Morgan fingerprint density at radius 2 is 1.79 bits per heavy atom. The second-order valence-electron chi connectivity index (χ2n) is 11.8. The molecule has 0 aromatic rings. The fourth-order valence-electron chi connectivity index (χ4n) is 9.54. The lowest BCUT2D eigenvalue weighted by Gasteiger charge is -2.63. The highest BCUT2D eigenvalue weighted by Crippen LogP contribution is 2.69. The summed E-state index contributed by atoms with van der Waals surface area (Å²) in [5.74, 6) is 6.20. The van der Waals surface area contributed by atoms with E-state index in [9.17, 15) is 4.79 Å². The summed E-state index contributed by atoms with van der Waals surface area (Å²) in [6.45, 7) is 10.7. The highest BCUT2D eigenvalue weighted by molar-refractivity contribution is 5.64. The third kappa shape index (κ3) is 3.53. The van der Waals surface area contributed by atoms with Crippen LogP contribution in [0.2, 0.25) is 0 Å². The van der Waals surface area contributed by atoms with Gasteiger partial charge in [-0.3, -0.25) is 0 Å². The molecule has 4 saturated carbocycles. The van der Waals surface area contributed by atoms with Crippen LogP contribution in [0.4, 0.5) is 4.79 Å². The van der Waals surface area contributed by atoms with Crippen molar-refractivity contribution in [3.8, 4) is 0 Å². The van der Waals surface area contributed by atoms with Crippen molar-refractivity contribution in [2.45, 2.75) is 98.3 Å². The van der Waals surface area contributed by atoms with Crippen LogP contribution in [-0.4, -0.2) is 12.7 Å². The minimum Gasteiger partial charge on any atom is -0.450 e. The van der Waals surface area contributed by atoms with Gasteiger partial charge >= 0.3 is 6.09 Å². The maximum atomic E-state index is 11.0. The van der Waals surface area contributed by atoms with E-state index >= 15 is 0 Å². The third-order valence-corrected chi connectivity index (χ3v) is 10.9. The first-order valence-corrected chi connectivity index (χ1v) is 12.7. The molecule has 0 aliphatic heterocycles. The van der Waals surface area contributed by atoms with Crippen LogP contribution in [0.25, 0.3) is 0 Å². The van der Waals surface area contributed by atoms with Gasteiger partial charge < -0.3 is 10.5 Å². The summed E-state index contributed by atoms with van der Waals surface area (Å²) in [5.41, 5.74) is 6.27. The Balaban J connectivity index is 1.52. The quantitative estimate of drug-likeness (QED) is 0.549. The Bertz CT molecular complexity index is 606. The first kappa shape index (κ1) is 21.5. The van der Waals surface area contributed by atoms with Gasteiger partial charge in [-0.1, -0.05) is 47.0 Å². The Morgan fingerprint density at radius 1 is 1.03 bits per heavy atom. The number of primary amides is 1. The molecule has 0 aromatic carbocycles. The lowest BCUT2D eigenvalue weighted by atomic mass is 9.42. The molecular weight excluding hydrogens is 358 g/mol. The van der Waals surface area contributed by atoms with Gasteiger partial charge in [0.15, 0.2) is 0 Å². The van der Waals surface area contributed by atoms with Crippen molar-refractivity contribution in [3.05, 3.63) is 0 Å². The molecule has 9 atom stereocenters. The number of rotatable bonds is 5. The average Bonchev–Trinajstić information content (AvgIpc) is 3.04. The first-order valence-electron chi connectivity index (χ1n) is 12.7. The predicted molar refractivity (Wildman–Crippen MR) is 118 cm³/mol. The van der Waals surface area contributed by atoms with E-state index in [1.807, 2.05) is 0 Å². The highest BCUT2D eigenvalue weighted by atomic mass is 16.5. The van der Waals surface area contributed by atoms with Gasteiger partial charge in [-0.25, -0.2) is 4.79 Å². The zero-order chi connectivity index (χ0) is 20.8. The van der Waals surface area contributed by atoms with Crippen molar-refractivity contribution in [3.63, 3.8) is 0 Å². The maximum absolute atomic E-state index is 11.0. The largest absolute Gasteiger partial charge is 0.450 e. The van der Waals surface area contributed by atoms with Gasteiger partial charge in [-0.05, 0) is 104 Å². The standard InChI is InChI=1S/C26H45NO2/c1-5-18-16-19-22-10-9-20(17(2)12-15-29-24(27)28)26(22,4)14-11-23(19)25(3)13-7-6-8-21(18)25/h17-23H,5-16H2,1-4H3,(H2,27,28)/t17?,18-,19?,20?,21?,22?,23-,25?,26?/m0/s1. The van der Waals surface area contributed by atoms with Crippen molar-refractivity contribution in [2.75, 3.05) is 6.61 Å². The molecule has 4 aliphatic carbocycles. The zero-order valence-electron chi connectivity index (χ0n) is 19.4. The predicted octanol–water partition coefficient (Wildman–Crippen LogP) is 6.79. The summed E-state index contributed by atoms with van der Waals surface area (Å²) in [4.78, 5) is 11.0. The number of hydrogen-bond acceptors (Lipinski definition) is 2. The van der Waals surface area contributed by atoms with E-state index in [1.54, 1.807) is 0 Å². The normalized spacial score (nSPS) is 47.6. The zero-order valence-corrected chi connectivity index (χ0v) is 19.4. The molecule has 29 heavy (non-hydrogen) atoms. The summed E-state index contributed by atoms with van der Waals surface area (Å²) in [6, 6.07) is 0. The van der Waals surface area contributed by atoms with Gasteiger partial charge in [-0.15, -0.1) is 0 Å². The SMILES string of the molecule is CC[C@H]1CC2C3CCC(C(C)CCOC(N)=O)C3(C)CC[C@@H]2C2(C)CCCCC12. The van der Waals surface area contributed by atoms with E-state index in [4.69, 9.17) is 10.5 Å². The third-order valence-electron chi connectivity index (χ3n) is 10.9. The molecule has 0 radical (unpaired) electrons. The van der Waals surface area contributed by atoms with Crippen LogP contribution in [-0.2, 0) is 4.74 Å². The smallest absolute Gasteiger partial charge is 0.404 e. The van der Waals surface area contributed by atoms with Gasteiger partial charge in [0.05, 0.1) is 6.61 Å². The highest BCUT2D eigenvalue weighted by Gasteiger charge is 2.61. The van der Waals surface area contributed by atoms with Crippen molar-refractivity contribution < 1.29 is 9.53 Å². The fourth-order valence-corrected chi connectivity index (χ4v) is 9.54. The Labute approximate surface area is 178 Å². The first-order chi connectivity index (χ1) is 13.8. The van der Waals surface area contributed by atoms with Gasteiger partial charge in [0, 0.05) is 0 Å². The van der Waals surface area contributed by atoms with Crippen molar-refractivity contribution in [1.29, 1.82) is 0 Å². The van der Waals surface area contributed by atoms with Crippen LogP contribution < -0.4 is 5.73 Å². The molecule has 0 heterocycles. The van der Waals surface area contributed by atoms with Crippen LogP contribution in [0.1, 0.15) is 98.3 Å². The van der Waals surface area contributed by atoms with E-state index in [0.29, 0.717) is 23.4 Å². The molecule has 3 nitrogen and oxygen atoms in total. The molecule has 0 saturated heterocycles. The van der Waals surface area contributed by atoms with Crippen LogP contribution in [0, 0.1) is 52.3 Å². The minimum absolute atomic E-state index is 0.484. The van der Waals surface area contributed by atoms with E-state index in [0.717, 1.165) is 41.9 Å². The molecule has 2 N–H and O–H groups in total. The molecule has 0 aromatic heterocycles. The molecule has 0 bridgehead atoms. The second kappa shape index (κ2) is 8.08. The summed E-state index contributed by atoms with van der Waals surface area (Å²) in [5, 5.41) is 0. The van der Waals surface area contributed by atoms with Gasteiger partial charge in [0.1, 0.15) is 0 Å². The van der Waals surface area contributed by atoms with Crippen molar-refractivity contribution in [2.24, 2.45) is 58.0 Å². The van der Waals surface area contributed by atoms with Crippen LogP contribution in [0.15, 0.2) is 0 Å². The Kier molecular flexibility index (Phi) is 5.99. The van der Waals surface area contributed by atoms with Crippen molar-refractivity contribution in [1.82, 2.24) is 0 Å². The van der Waals surface area contributed by atoms with Crippen LogP contribution in [0.3, 0.4) is 0 Å². The average molecular weight is 404 g/mol. The molecule has 3 heteroatoms. The number of nitrogens with two attached hydrogens (primary N) is 1. The molecule has 4 aliphatic rings. The maximum Gasteiger partial charge on any atom is 0.404 e. The Hall–Kier alpha value is -0.730. The molecule has 1 amide bonds. The van der Waals surface area contributed by atoms with E-state index in [1.165, 1.54) is 64.2 Å². The molecule has 4 rings (SSSR count). The van der Waals surface area contributed by atoms with Crippen LogP contribution >= 0.6 is 0 Å². The summed E-state index contributed by atoms with van der Waals surface area (Å²) in [6.07, 6.45) is 14.8. The summed E-state index contributed by atoms with van der Waals surface area (Å²) >= 11 is 0. The lowest BCUT2D eigenvalue weighted by molar-refractivity contribution is -0.138. The monoisotopic (exact) mass is 403 g/mol. The van der Waals surface area contributed by atoms with E-state index in [2.05, 4.69) is 27.7 Å².